The highest BCUT2D eigenvalue weighted by molar-refractivity contribution is 5.89. The molecule has 3 rings (SSSR count). The molecule has 2 heterocycles. The number of benzene rings is 1. The van der Waals surface area contributed by atoms with Crippen LogP contribution < -0.4 is 14.9 Å². The van der Waals surface area contributed by atoms with Crippen molar-refractivity contribution in [3.05, 3.63) is 29.7 Å². The number of nitrogens with zero attached hydrogens (tertiary/aromatic N) is 4. The first kappa shape index (κ1) is 26.1. The van der Waals surface area contributed by atoms with Gasteiger partial charge in [-0.05, 0) is 46.8 Å². The van der Waals surface area contributed by atoms with Gasteiger partial charge < -0.3 is 29.4 Å². The lowest BCUT2D eigenvalue weighted by molar-refractivity contribution is -0.268. The molecule has 0 fully saturated rings. The van der Waals surface area contributed by atoms with Gasteiger partial charge in [0.25, 0.3) is 0 Å². The quantitative estimate of drug-likeness (QED) is 0.636. The Kier molecular flexibility index (Phi) is 7.21. The number of carbonyl (C=O) groups is 3. The van der Waals surface area contributed by atoms with E-state index < -0.39 is 23.8 Å². The predicted octanol–water partition coefficient (Wildman–Crippen LogP) is 2.74. The lowest BCUT2D eigenvalue weighted by Crippen LogP contribution is -2.60. The summed E-state index contributed by atoms with van der Waals surface area (Å²) in [6, 6.07) is 4.76. The summed E-state index contributed by atoms with van der Waals surface area (Å²) < 4.78 is 10.5. The Bertz CT molecular complexity index is 1120. The third-order valence-electron chi connectivity index (χ3n) is 6.45. The van der Waals surface area contributed by atoms with Crippen molar-refractivity contribution in [2.75, 3.05) is 13.6 Å². The van der Waals surface area contributed by atoms with E-state index in [4.69, 9.17) is 9.26 Å². The normalized spacial score (nSPS) is 21.7. The van der Waals surface area contributed by atoms with Crippen LogP contribution in [0.2, 0.25) is 0 Å². The molecule has 0 radical (unpaired) electrons. The second-order valence-electron chi connectivity index (χ2n) is 9.89. The molecular weight excluding hydrogens is 454 g/mol. The summed E-state index contributed by atoms with van der Waals surface area (Å²) in [7, 11) is 1.84. The largest absolute Gasteiger partial charge is 0.530 e. The first-order valence-electron chi connectivity index (χ1n) is 11.6. The van der Waals surface area contributed by atoms with Gasteiger partial charge in [0.1, 0.15) is 23.9 Å². The number of quaternary nitrogens is 1. The number of rotatable bonds is 5. The summed E-state index contributed by atoms with van der Waals surface area (Å²) in [4.78, 5) is 42.1. The zero-order chi connectivity index (χ0) is 26.1. The molecule has 11 heteroatoms. The van der Waals surface area contributed by atoms with Crippen molar-refractivity contribution in [3.63, 3.8) is 0 Å². The fraction of sp³-hybridized carbons (Fsp3) is 0.542. The minimum Gasteiger partial charge on any atom is -0.530 e. The zero-order valence-electron chi connectivity index (χ0n) is 21.2. The number of fused-ring (bicyclic) bond motifs is 1. The first-order chi connectivity index (χ1) is 16.3. The van der Waals surface area contributed by atoms with Gasteiger partial charge in [-0.15, -0.1) is 0 Å². The number of hydrogen-bond donors (Lipinski definition) is 1. The molecule has 2 aromatic rings. The molecule has 0 spiro atoms. The predicted molar refractivity (Wildman–Crippen MR) is 126 cm³/mol. The summed E-state index contributed by atoms with van der Waals surface area (Å²) in [5.74, 6) is 0.416. The third-order valence-corrected chi connectivity index (χ3v) is 6.45. The van der Waals surface area contributed by atoms with Crippen LogP contribution in [0, 0.1) is 0 Å². The van der Waals surface area contributed by atoms with Crippen molar-refractivity contribution in [3.8, 4) is 11.4 Å². The molecule has 0 aliphatic carbocycles. The molecule has 1 unspecified atom stereocenters. The van der Waals surface area contributed by atoms with Crippen molar-refractivity contribution in [2.45, 2.75) is 72.2 Å². The Morgan fingerprint density at radius 2 is 2.00 bits per heavy atom. The van der Waals surface area contributed by atoms with E-state index >= 15 is 0 Å². The van der Waals surface area contributed by atoms with Gasteiger partial charge in [-0.3, -0.25) is 0 Å². The van der Waals surface area contributed by atoms with Crippen LogP contribution in [0.1, 0.15) is 65.5 Å². The van der Waals surface area contributed by atoms with Crippen LogP contribution in [-0.2, 0) is 16.1 Å². The number of carboxylic acid groups (broad SMARTS) is 1. The molecule has 35 heavy (non-hydrogen) atoms. The highest BCUT2D eigenvalue weighted by Crippen LogP contribution is 2.45. The molecule has 3 atom stereocenters. The Hall–Kier alpha value is -3.47. The number of amides is 3. The monoisotopic (exact) mass is 487 g/mol. The van der Waals surface area contributed by atoms with Gasteiger partial charge in [0, 0.05) is 30.2 Å². The number of aromatic nitrogens is 2. The summed E-state index contributed by atoms with van der Waals surface area (Å²) in [5.41, 5.74) is 1.38. The fourth-order valence-corrected chi connectivity index (χ4v) is 4.44. The minimum atomic E-state index is -1.27. The molecule has 0 bridgehead atoms. The minimum absolute atomic E-state index is 0.0133. The van der Waals surface area contributed by atoms with E-state index in [0.29, 0.717) is 17.5 Å². The van der Waals surface area contributed by atoms with Gasteiger partial charge in [-0.25, -0.2) is 14.1 Å². The van der Waals surface area contributed by atoms with Crippen LogP contribution in [0.4, 0.5) is 15.3 Å². The van der Waals surface area contributed by atoms with Crippen LogP contribution in [0.5, 0.6) is 0 Å². The van der Waals surface area contributed by atoms with Crippen molar-refractivity contribution in [1.29, 1.82) is 0 Å². The Labute approximate surface area is 204 Å². The lowest BCUT2D eigenvalue weighted by Gasteiger charge is -2.46. The van der Waals surface area contributed by atoms with E-state index in [9.17, 15) is 19.5 Å². The van der Waals surface area contributed by atoms with Crippen LogP contribution in [-0.4, -0.2) is 58.4 Å². The molecule has 11 nitrogen and oxygen atoms in total. The standard InChI is InChI=1S/C24H33N5O6/c1-8-28(23(32)33)18-11-14(2)29(7,15(3)30)19-10-9-16(12-17(18)19)21-26-20(35-27-21)13-25-22(31)34-24(4,5)6/h9-10,12,14,18H,8,11,13H2,1-7H3,(H-,25,31,32,33)/t14-,18+,29?/m0/s1. The molecule has 1 aliphatic heterocycles. The van der Waals surface area contributed by atoms with Gasteiger partial charge in [-0.1, -0.05) is 5.16 Å². The lowest BCUT2D eigenvalue weighted by atomic mass is 9.87. The van der Waals surface area contributed by atoms with Crippen molar-refractivity contribution in [2.24, 2.45) is 0 Å². The smallest absolute Gasteiger partial charge is 0.408 e. The molecule has 190 valence electrons. The molecule has 1 aliphatic rings. The summed E-state index contributed by atoms with van der Waals surface area (Å²) in [5, 5.41) is 18.4. The number of carbonyl (C=O) groups excluding carboxylic acids is 3. The number of ether oxygens (including phenoxy) is 1. The maximum atomic E-state index is 12.7. The van der Waals surface area contributed by atoms with E-state index in [1.807, 2.05) is 20.0 Å². The Morgan fingerprint density at radius 1 is 1.31 bits per heavy atom. The van der Waals surface area contributed by atoms with Crippen molar-refractivity contribution >= 4 is 23.8 Å². The Balaban J connectivity index is 1.95. The van der Waals surface area contributed by atoms with E-state index in [2.05, 4.69) is 15.5 Å². The molecule has 1 N–H and O–H groups in total. The molecule has 3 amide bonds. The van der Waals surface area contributed by atoms with Crippen LogP contribution >= 0.6 is 0 Å². The highest BCUT2D eigenvalue weighted by Gasteiger charge is 2.47. The Morgan fingerprint density at radius 3 is 2.57 bits per heavy atom. The second-order valence-corrected chi connectivity index (χ2v) is 9.89. The topological polar surface area (TPSA) is 138 Å². The van der Waals surface area contributed by atoms with Gasteiger partial charge in [0.15, 0.2) is 0 Å². The average molecular weight is 488 g/mol. The van der Waals surface area contributed by atoms with E-state index in [1.165, 1.54) is 11.8 Å². The number of nitrogens with one attached hydrogen (secondary N) is 1. The maximum absolute atomic E-state index is 12.7. The number of alkyl carbamates (subject to hydrolysis) is 1. The summed E-state index contributed by atoms with van der Waals surface area (Å²) >= 11 is 0. The third kappa shape index (κ3) is 5.29. The first-order valence-corrected chi connectivity index (χ1v) is 11.6. The summed E-state index contributed by atoms with van der Waals surface area (Å²) in [6.45, 7) is 10.7. The van der Waals surface area contributed by atoms with Gasteiger partial charge in [0.2, 0.25) is 11.7 Å². The van der Waals surface area contributed by atoms with Crippen molar-refractivity contribution in [1.82, 2.24) is 24.8 Å². The van der Waals surface area contributed by atoms with Crippen LogP contribution in [0.3, 0.4) is 0 Å². The van der Waals surface area contributed by atoms with Crippen LogP contribution in [0.25, 0.3) is 11.4 Å². The van der Waals surface area contributed by atoms with Crippen LogP contribution in [0.15, 0.2) is 22.7 Å². The van der Waals surface area contributed by atoms with E-state index in [-0.39, 0.29) is 41.2 Å². The zero-order valence-corrected chi connectivity index (χ0v) is 21.2. The molecular formula is C24H33N5O6. The fourth-order valence-electron chi connectivity index (χ4n) is 4.44. The van der Waals surface area contributed by atoms with Gasteiger partial charge in [-0.2, -0.15) is 4.98 Å². The molecule has 0 saturated carbocycles. The van der Waals surface area contributed by atoms with Gasteiger partial charge >= 0.3 is 12.0 Å². The average Bonchev–Trinajstić information content (AvgIpc) is 3.23. The molecule has 1 aromatic carbocycles. The molecule has 0 saturated heterocycles. The second kappa shape index (κ2) is 9.65. The summed E-state index contributed by atoms with van der Waals surface area (Å²) in [6.07, 6.45) is -1.42. The van der Waals surface area contributed by atoms with E-state index in [1.54, 1.807) is 39.8 Å². The highest BCUT2D eigenvalue weighted by atomic mass is 16.6. The van der Waals surface area contributed by atoms with Gasteiger partial charge in [0.05, 0.1) is 26.1 Å². The molecule has 1 aromatic heterocycles. The maximum Gasteiger partial charge on any atom is 0.408 e. The van der Waals surface area contributed by atoms with E-state index in [0.717, 1.165) is 5.69 Å². The SMILES string of the molecule is CCN(C(=O)[O-])[C@@H]1C[C@H](C)[N+](C)(C(C)=O)c2ccc(-c3noc(CNC(=O)OC(C)(C)C)n3)cc21. The number of hydrogen-bond acceptors (Lipinski definition) is 8. The van der Waals surface area contributed by atoms with Crippen molar-refractivity contribution < 1.29 is 28.8 Å².